The van der Waals surface area contributed by atoms with Gasteiger partial charge in [-0.05, 0) is 36.1 Å². The summed E-state index contributed by atoms with van der Waals surface area (Å²) >= 11 is 0. The Labute approximate surface area is 226 Å². The maximum Gasteiger partial charge on any atom is 0.326 e. The molecule has 2 aromatic carbocycles. The second-order valence-electron chi connectivity index (χ2n) is 8.97. The SMILES string of the molecule is CCC(C)[C@H](NC(=O)c1cc(OC)c(OC)cc1NCc1ccc(F)cc1)C(=O)N[C@H](CCC(N)=O)C(=O)O. The third kappa shape index (κ3) is 8.87. The zero-order valence-electron chi connectivity index (χ0n) is 22.4. The molecule has 11 nitrogen and oxygen atoms in total. The molecule has 0 heterocycles. The fraction of sp³-hybridized carbons (Fsp3) is 0.407. The number of carbonyl (C=O) groups excluding carboxylic acids is 3. The number of anilines is 1. The van der Waals surface area contributed by atoms with Gasteiger partial charge in [0.1, 0.15) is 17.9 Å². The number of hydrogen-bond donors (Lipinski definition) is 5. The highest BCUT2D eigenvalue weighted by molar-refractivity contribution is 6.03. The van der Waals surface area contributed by atoms with Crippen molar-refractivity contribution in [1.82, 2.24) is 10.6 Å². The molecular formula is C27H35FN4O7. The summed E-state index contributed by atoms with van der Waals surface area (Å²) in [6.07, 6.45) is 0.0794. The van der Waals surface area contributed by atoms with E-state index in [2.05, 4.69) is 16.0 Å². The summed E-state index contributed by atoms with van der Waals surface area (Å²) in [5.41, 5.74) is 6.37. The number of primary amides is 1. The third-order valence-corrected chi connectivity index (χ3v) is 6.24. The first-order chi connectivity index (χ1) is 18.5. The van der Waals surface area contributed by atoms with Crippen LogP contribution in [0.5, 0.6) is 11.5 Å². The summed E-state index contributed by atoms with van der Waals surface area (Å²) in [5.74, 6) is -3.47. The van der Waals surface area contributed by atoms with E-state index >= 15 is 0 Å². The number of carbonyl (C=O) groups is 4. The van der Waals surface area contributed by atoms with Crippen LogP contribution in [0.4, 0.5) is 10.1 Å². The maximum atomic E-state index is 13.5. The summed E-state index contributed by atoms with van der Waals surface area (Å²) in [5, 5.41) is 17.7. The Morgan fingerprint density at radius 2 is 1.64 bits per heavy atom. The second-order valence-corrected chi connectivity index (χ2v) is 8.97. The number of carboxylic acids is 1. The largest absolute Gasteiger partial charge is 0.493 e. The normalized spacial score (nSPS) is 12.9. The summed E-state index contributed by atoms with van der Waals surface area (Å²) in [4.78, 5) is 49.4. The van der Waals surface area contributed by atoms with E-state index in [1.54, 1.807) is 25.1 Å². The van der Waals surface area contributed by atoms with Crippen molar-refractivity contribution in [2.24, 2.45) is 11.7 Å². The number of amides is 3. The van der Waals surface area contributed by atoms with E-state index in [0.717, 1.165) is 5.56 Å². The molecule has 0 spiro atoms. The molecule has 0 fully saturated rings. The Balaban J connectivity index is 2.35. The van der Waals surface area contributed by atoms with Gasteiger partial charge in [-0.1, -0.05) is 32.4 Å². The monoisotopic (exact) mass is 546 g/mol. The molecule has 0 bridgehead atoms. The van der Waals surface area contributed by atoms with Crippen LogP contribution in [0.15, 0.2) is 36.4 Å². The van der Waals surface area contributed by atoms with Crippen LogP contribution in [0.1, 0.15) is 49.0 Å². The van der Waals surface area contributed by atoms with Crippen molar-refractivity contribution in [3.63, 3.8) is 0 Å². The Morgan fingerprint density at radius 1 is 1.03 bits per heavy atom. The average Bonchev–Trinajstić information content (AvgIpc) is 2.92. The fourth-order valence-corrected chi connectivity index (χ4v) is 3.74. The maximum absolute atomic E-state index is 13.5. The van der Waals surface area contributed by atoms with Crippen molar-refractivity contribution < 1.29 is 38.1 Å². The van der Waals surface area contributed by atoms with Crippen molar-refractivity contribution in [3.05, 3.63) is 53.3 Å². The van der Waals surface area contributed by atoms with E-state index in [1.807, 2.05) is 6.92 Å². The summed E-state index contributed by atoms with van der Waals surface area (Å²) in [7, 11) is 2.86. The Bertz CT molecular complexity index is 1170. The van der Waals surface area contributed by atoms with E-state index in [9.17, 15) is 28.7 Å². The predicted octanol–water partition coefficient (Wildman–Crippen LogP) is 2.43. The minimum Gasteiger partial charge on any atom is -0.493 e. The number of aliphatic carboxylic acids is 1. The quantitative estimate of drug-likeness (QED) is 0.227. The van der Waals surface area contributed by atoms with Crippen LogP contribution in [-0.4, -0.2) is 55.1 Å². The molecule has 2 aromatic rings. The van der Waals surface area contributed by atoms with Gasteiger partial charge in [0.05, 0.1) is 25.5 Å². The lowest BCUT2D eigenvalue weighted by atomic mass is 9.97. The minimum atomic E-state index is -1.36. The number of hydrogen-bond acceptors (Lipinski definition) is 7. The molecule has 0 saturated heterocycles. The lowest BCUT2D eigenvalue weighted by Gasteiger charge is -2.26. The highest BCUT2D eigenvalue weighted by Crippen LogP contribution is 2.34. The van der Waals surface area contributed by atoms with E-state index in [4.69, 9.17) is 15.2 Å². The fourth-order valence-electron chi connectivity index (χ4n) is 3.74. The Morgan fingerprint density at radius 3 is 2.18 bits per heavy atom. The first-order valence-corrected chi connectivity index (χ1v) is 12.4. The van der Waals surface area contributed by atoms with Crippen molar-refractivity contribution in [2.75, 3.05) is 19.5 Å². The first kappa shape index (κ1) is 30.9. The van der Waals surface area contributed by atoms with Crippen molar-refractivity contribution in [3.8, 4) is 11.5 Å². The summed E-state index contributed by atoms with van der Waals surface area (Å²) in [6, 6.07) is 6.43. The van der Waals surface area contributed by atoms with E-state index in [0.29, 0.717) is 17.9 Å². The molecule has 3 atom stereocenters. The van der Waals surface area contributed by atoms with Crippen LogP contribution in [-0.2, 0) is 20.9 Å². The highest BCUT2D eigenvalue weighted by Gasteiger charge is 2.31. The number of methoxy groups -OCH3 is 2. The molecule has 0 aliphatic rings. The van der Waals surface area contributed by atoms with Gasteiger partial charge in [0.15, 0.2) is 11.5 Å². The van der Waals surface area contributed by atoms with Gasteiger partial charge in [-0.15, -0.1) is 0 Å². The molecule has 0 saturated carbocycles. The lowest BCUT2D eigenvalue weighted by molar-refractivity contribution is -0.142. The minimum absolute atomic E-state index is 0.138. The molecule has 0 aliphatic heterocycles. The van der Waals surface area contributed by atoms with Crippen molar-refractivity contribution >= 4 is 29.4 Å². The predicted molar refractivity (Wildman–Crippen MR) is 142 cm³/mol. The summed E-state index contributed by atoms with van der Waals surface area (Å²) < 4.78 is 24.0. The molecule has 1 unspecified atom stereocenters. The van der Waals surface area contributed by atoms with Gasteiger partial charge >= 0.3 is 5.97 Å². The topological polar surface area (TPSA) is 169 Å². The van der Waals surface area contributed by atoms with E-state index < -0.39 is 35.8 Å². The van der Waals surface area contributed by atoms with Gasteiger partial charge in [0.25, 0.3) is 5.91 Å². The van der Waals surface area contributed by atoms with Gasteiger partial charge in [0, 0.05) is 19.0 Å². The summed E-state index contributed by atoms with van der Waals surface area (Å²) in [6.45, 7) is 3.82. The molecule has 212 valence electrons. The Hall–Kier alpha value is -4.35. The molecular weight excluding hydrogens is 511 g/mol. The zero-order chi connectivity index (χ0) is 29.1. The van der Waals surface area contributed by atoms with Crippen LogP contribution in [0.3, 0.4) is 0 Å². The number of ether oxygens (including phenoxy) is 2. The number of halogens is 1. The van der Waals surface area contributed by atoms with Gasteiger partial charge in [-0.25, -0.2) is 9.18 Å². The number of nitrogens with two attached hydrogens (primary N) is 1. The highest BCUT2D eigenvalue weighted by atomic mass is 19.1. The van der Waals surface area contributed by atoms with Gasteiger partial charge in [-0.2, -0.15) is 0 Å². The van der Waals surface area contributed by atoms with Gasteiger partial charge in [-0.3, -0.25) is 14.4 Å². The van der Waals surface area contributed by atoms with Crippen LogP contribution < -0.4 is 31.2 Å². The average molecular weight is 547 g/mol. The van der Waals surface area contributed by atoms with Crippen LogP contribution in [0.25, 0.3) is 0 Å². The van der Waals surface area contributed by atoms with Crippen molar-refractivity contribution in [1.29, 1.82) is 0 Å². The molecule has 3 amide bonds. The van der Waals surface area contributed by atoms with Crippen LogP contribution in [0.2, 0.25) is 0 Å². The van der Waals surface area contributed by atoms with Crippen LogP contribution in [0, 0.1) is 11.7 Å². The zero-order valence-corrected chi connectivity index (χ0v) is 22.4. The molecule has 6 N–H and O–H groups in total. The van der Waals surface area contributed by atoms with E-state index in [-0.39, 0.29) is 42.4 Å². The smallest absolute Gasteiger partial charge is 0.326 e. The molecule has 0 aliphatic carbocycles. The van der Waals surface area contributed by atoms with Gasteiger partial charge in [0.2, 0.25) is 11.8 Å². The molecule has 2 rings (SSSR count). The molecule has 0 aromatic heterocycles. The number of benzene rings is 2. The number of nitrogens with one attached hydrogen (secondary N) is 3. The number of rotatable bonds is 15. The van der Waals surface area contributed by atoms with E-state index in [1.165, 1.54) is 32.4 Å². The Kier molecular flexibility index (Phi) is 11.5. The molecule has 12 heteroatoms. The second kappa shape index (κ2) is 14.6. The van der Waals surface area contributed by atoms with Crippen molar-refractivity contribution in [2.45, 2.75) is 51.7 Å². The molecule has 0 radical (unpaired) electrons. The molecule has 39 heavy (non-hydrogen) atoms. The first-order valence-electron chi connectivity index (χ1n) is 12.4. The standard InChI is InChI=1S/C27H35FN4O7/c1-5-15(2)24(26(35)31-19(27(36)37)10-11-23(29)33)32-25(34)18-12-21(38-3)22(39-4)13-20(18)30-14-16-6-8-17(28)9-7-16/h6-9,12-13,15,19,24,30H,5,10-11,14H2,1-4H3,(H2,29,33)(H,31,35)(H,32,34)(H,36,37)/t15?,19-,24+/m1/s1. The van der Waals surface area contributed by atoms with Gasteiger partial charge < -0.3 is 36.3 Å². The number of carboxylic acid groups (broad SMARTS) is 1. The third-order valence-electron chi connectivity index (χ3n) is 6.24. The van der Waals surface area contributed by atoms with Crippen LogP contribution >= 0.6 is 0 Å². The lowest BCUT2D eigenvalue weighted by Crippen LogP contribution is -2.54.